The summed E-state index contributed by atoms with van der Waals surface area (Å²) in [7, 11) is 0. The van der Waals surface area contributed by atoms with Crippen molar-refractivity contribution in [2.75, 3.05) is 25.4 Å². The van der Waals surface area contributed by atoms with E-state index in [9.17, 15) is 9.59 Å². The molecule has 2 fully saturated rings. The molecule has 2 atom stereocenters. The molecule has 136 valence electrons. The fraction of sp³-hybridized carbons (Fsp3) is 0.667. The number of rotatable bonds is 4. The van der Waals surface area contributed by atoms with Crippen LogP contribution in [-0.4, -0.2) is 57.3 Å². The lowest BCUT2D eigenvalue weighted by molar-refractivity contribution is -0.140. The minimum Gasteiger partial charge on any atom is -0.368 e. The number of amides is 2. The van der Waals surface area contributed by atoms with Crippen LogP contribution in [0.4, 0.5) is 5.95 Å². The van der Waals surface area contributed by atoms with Gasteiger partial charge in [0.15, 0.2) is 0 Å². The van der Waals surface area contributed by atoms with Crippen LogP contribution in [0.15, 0.2) is 6.20 Å². The van der Waals surface area contributed by atoms with Crippen LogP contribution < -0.4 is 5.73 Å². The van der Waals surface area contributed by atoms with E-state index in [1.54, 1.807) is 6.92 Å². The van der Waals surface area contributed by atoms with Gasteiger partial charge in [0, 0.05) is 38.3 Å². The third-order valence-electron chi connectivity index (χ3n) is 5.41. The predicted octanol–water partition coefficient (Wildman–Crippen LogP) is 1.62. The zero-order chi connectivity index (χ0) is 18.0. The largest absolute Gasteiger partial charge is 0.368 e. The number of nitrogens with two attached hydrogens (primary N) is 1. The molecule has 0 bridgehead atoms. The fourth-order valence-electron chi connectivity index (χ4n) is 4.02. The Kier molecular flexibility index (Phi) is 5.20. The highest BCUT2D eigenvalue weighted by Gasteiger charge is 2.40. The van der Waals surface area contributed by atoms with Crippen LogP contribution in [0.3, 0.4) is 0 Å². The van der Waals surface area contributed by atoms with Crippen molar-refractivity contribution in [1.82, 2.24) is 19.8 Å². The Balaban J connectivity index is 1.70. The Morgan fingerprint density at radius 1 is 1.40 bits per heavy atom. The molecule has 2 saturated heterocycles. The van der Waals surface area contributed by atoms with E-state index in [2.05, 4.69) is 21.8 Å². The van der Waals surface area contributed by atoms with E-state index < -0.39 is 0 Å². The average molecular weight is 345 g/mol. The summed E-state index contributed by atoms with van der Waals surface area (Å²) >= 11 is 0. The highest BCUT2D eigenvalue weighted by molar-refractivity contribution is 5.95. The monoisotopic (exact) mass is 345 g/mol. The minimum atomic E-state index is -0.0343. The maximum Gasteiger partial charge on any atom is 0.257 e. The third-order valence-corrected chi connectivity index (χ3v) is 5.41. The molecule has 7 heteroatoms. The molecule has 0 radical (unpaired) electrons. The highest BCUT2D eigenvalue weighted by Crippen LogP contribution is 2.32. The molecule has 1 aromatic rings. The summed E-state index contributed by atoms with van der Waals surface area (Å²) in [5, 5.41) is 0. The highest BCUT2D eigenvalue weighted by atomic mass is 16.2. The molecule has 3 heterocycles. The SMILES string of the molecule is CCCCN1C(=O)CC[C@H]2CN(C(=O)c3cnc(N)nc3C)CC[C@H]21. The lowest BCUT2D eigenvalue weighted by Gasteiger charge is -2.47. The molecule has 0 unspecified atom stereocenters. The molecule has 2 aliphatic heterocycles. The van der Waals surface area contributed by atoms with Gasteiger partial charge < -0.3 is 15.5 Å². The molecule has 2 N–H and O–H groups in total. The van der Waals surface area contributed by atoms with E-state index in [4.69, 9.17) is 5.73 Å². The van der Waals surface area contributed by atoms with E-state index in [1.807, 2.05) is 4.90 Å². The molecule has 0 aromatic carbocycles. The fourth-order valence-corrected chi connectivity index (χ4v) is 4.02. The molecule has 2 aliphatic rings. The summed E-state index contributed by atoms with van der Waals surface area (Å²) in [5.41, 5.74) is 6.71. The summed E-state index contributed by atoms with van der Waals surface area (Å²) in [4.78, 5) is 37.1. The molecule has 3 rings (SSSR count). The van der Waals surface area contributed by atoms with Gasteiger partial charge in [0.05, 0.1) is 11.3 Å². The van der Waals surface area contributed by atoms with E-state index in [0.29, 0.717) is 36.7 Å². The molecule has 1 aromatic heterocycles. The van der Waals surface area contributed by atoms with Crippen molar-refractivity contribution in [2.24, 2.45) is 5.92 Å². The van der Waals surface area contributed by atoms with Crippen LogP contribution in [0.1, 0.15) is 55.1 Å². The zero-order valence-corrected chi connectivity index (χ0v) is 15.1. The number of aryl methyl sites for hydroxylation is 1. The van der Waals surface area contributed by atoms with Gasteiger partial charge in [-0.15, -0.1) is 0 Å². The number of hydrogen-bond acceptors (Lipinski definition) is 5. The van der Waals surface area contributed by atoms with Gasteiger partial charge in [-0.05, 0) is 32.1 Å². The molecule has 2 amide bonds. The van der Waals surface area contributed by atoms with Crippen LogP contribution in [0, 0.1) is 12.8 Å². The Labute approximate surface area is 148 Å². The maximum absolute atomic E-state index is 12.8. The van der Waals surface area contributed by atoms with E-state index in [1.165, 1.54) is 6.20 Å². The molecular weight excluding hydrogens is 318 g/mol. The number of nitrogens with zero attached hydrogens (tertiary/aromatic N) is 4. The summed E-state index contributed by atoms with van der Waals surface area (Å²) < 4.78 is 0. The number of carbonyl (C=O) groups is 2. The first kappa shape index (κ1) is 17.6. The summed E-state index contributed by atoms with van der Waals surface area (Å²) in [6.45, 7) is 6.13. The summed E-state index contributed by atoms with van der Waals surface area (Å²) in [5.74, 6) is 0.789. The number of fused-ring (bicyclic) bond motifs is 1. The molecule has 7 nitrogen and oxygen atoms in total. The topological polar surface area (TPSA) is 92.4 Å². The second kappa shape index (κ2) is 7.37. The first-order chi connectivity index (χ1) is 12.0. The summed E-state index contributed by atoms with van der Waals surface area (Å²) in [6.07, 6.45) is 5.95. The first-order valence-electron chi connectivity index (χ1n) is 9.19. The molecule has 25 heavy (non-hydrogen) atoms. The van der Waals surface area contributed by atoms with Crippen LogP contribution in [0.5, 0.6) is 0 Å². The molecule has 0 spiro atoms. The van der Waals surface area contributed by atoms with Crippen molar-refractivity contribution in [1.29, 1.82) is 0 Å². The Hall–Kier alpha value is -2.18. The van der Waals surface area contributed by atoms with Crippen molar-refractivity contribution in [3.05, 3.63) is 17.5 Å². The second-order valence-corrected chi connectivity index (χ2v) is 7.07. The Morgan fingerprint density at radius 3 is 2.92 bits per heavy atom. The van der Waals surface area contributed by atoms with E-state index >= 15 is 0 Å². The van der Waals surface area contributed by atoms with Crippen LogP contribution in [0.25, 0.3) is 0 Å². The van der Waals surface area contributed by atoms with Gasteiger partial charge in [0.25, 0.3) is 5.91 Å². The van der Waals surface area contributed by atoms with Crippen molar-refractivity contribution in [3.63, 3.8) is 0 Å². The van der Waals surface area contributed by atoms with Crippen molar-refractivity contribution >= 4 is 17.8 Å². The summed E-state index contributed by atoms with van der Waals surface area (Å²) in [6, 6.07) is 0.278. The minimum absolute atomic E-state index is 0.0343. The van der Waals surface area contributed by atoms with Crippen LogP contribution in [-0.2, 0) is 4.79 Å². The normalized spacial score (nSPS) is 23.5. The van der Waals surface area contributed by atoms with Crippen molar-refractivity contribution in [2.45, 2.75) is 52.0 Å². The van der Waals surface area contributed by atoms with E-state index in [-0.39, 0.29) is 23.8 Å². The number of piperidine rings is 2. The first-order valence-corrected chi connectivity index (χ1v) is 9.19. The van der Waals surface area contributed by atoms with Gasteiger partial charge in [-0.2, -0.15) is 0 Å². The van der Waals surface area contributed by atoms with Crippen molar-refractivity contribution < 1.29 is 9.59 Å². The lowest BCUT2D eigenvalue weighted by atomic mass is 9.83. The van der Waals surface area contributed by atoms with Gasteiger partial charge in [0.1, 0.15) is 0 Å². The predicted molar refractivity (Wildman–Crippen MR) is 94.8 cm³/mol. The quantitative estimate of drug-likeness (QED) is 0.895. The van der Waals surface area contributed by atoms with Gasteiger partial charge in [-0.3, -0.25) is 9.59 Å². The number of carbonyl (C=O) groups excluding carboxylic acids is 2. The third kappa shape index (κ3) is 3.60. The van der Waals surface area contributed by atoms with Crippen LogP contribution in [0.2, 0.25) is 0 Å². The van der Waals surface area contributed by atoms with Gasteiger partial charge in [0.2, 0.25) is 11.9 Å². The maximum atomic E-state index is 12.8. The van der Waals surface area contributed by atoms with Gasteiger partial charge >= 0.3 is 0 Å². The average Bonchev–Trinajstić information content (AvgIpc) is 2.60. The van der Waals surface area contributed by atoms with Gasteiger partial charge in [-0.25, -0.2) is 9.97 Å². The Morgan fingerprint density at radius 2 is 2.20 bits per heavy atom. The van der Waals surface area contributed by atoms with Gasteiger partial charge in [-0.1, -0.05) is 13.3 Å². The molecular formula is C18H27N5O2. The van der Waals surface area contributed by atoms with Crippen LogP contribution >= 0.6 is 0 Å². The number of anilines is 1. The molecule has 0 saturated carbocycles. The number of likely N-dealkylation sites (tertiary alicyclic amines) is 2. The Bertz CT molecular complexity index is 663. The standard InChI is InChI=1S/C18H27N5O2/c1-3-4-8-23-15-7-9-22(11-13(15)5-6-16(23)24)17(25)14-10-20-18(19)21-12(14)2/h10,13,15H,3-9,11H2,1-2H3,(H2,19,20,21)/t13-,15+/m0/s1. The van der Waals surface area contributed by atoms with E-state index in [0.717, 1.165) is 32.2 Å². The second-order valence-electron chi connectivity index (χ2n) is 7.07. The van der Waals surface area contributed by atoms with Crippen molar-refractivity contribution in [3.8, 4) is 0 Å². The number of aromatic nitrogens is 2. The number of unbranched alkanes of at least 4 members (excludes halogenated alkanes) is 1. The number of nitrogen functional groups attached to an aromatic ring is 1. The molecule has 0 aliphatic carbocycles. The number of hydrogen-bond donors (Lipinski definition) is 1. The smallest absolute Gasteiger partial charge is 0.257 e. The lowest BCUT2D eigenvalue weighted by Crippen LogP contribution is -2.57. The zero-order valence-electron chi connectivity index (χ0n) is 15.1.